The highest BCUT2D eigenvalue weighted by Gasteiger charge is 2.18. The molecule has 9 heteroatoms. The second kappa shape index (κ2) is 7.75. The number of benzene rings is 1. The Morgan fingerprint density at radius 2 is 1.91 bits per heavy atom. The Morgan fingerprint density at radius 3 is 2.43 bits per heavy atom. The van der Waals surface area contributed by atoms with Crippen LogP contribution in [0.2, 0.25) is 0 Å². The Balaban J connectivity index is 0.000000463. The van der Waals surface area contributed by atoms with Crippen molar-refractivity contribution in [3.63, 3.8) is 0 Å². The SMILES string of the molecule is COc1cccc2c1CCC(C(=O)N=C(N)N)=C2.CS(=O)(=O)O. The van der Waals surface area contributed by atoms with Crippen LogP contribution < -0.4 is 16.2 Å². The summed E-state index contributed by atoms with van der Waals surface area (Å²) in [6.07, 6.45) is 3.89. The topological polar surface area (TPSA) is 145 Å². The summed E-state index contributed by atoms with van der Waals surface area (Å²) in [5.41, 5.74) is 13.1. The van der Waals surface area contributed by atoms with E-state index in [-0.39, 0.29) is 11.9 Å². The van der Waals surface area contributed by atoms with E-state index in [2.05, 4.69) is 4.99 Å². The Hall–Kier alpha value is -2.39. The number of guanidine groups is 1. The molecule has 0 aliphatic heterocycles. The van der Waals surface area contributed by atoms with Crippen molar-refractivity contribution < 1.29 is 22.5 Å². The van der Waals surface area contributed by atoms with Crippen molar-refractivity contribution in [3.8, 4) is 5.75 Å². The summed E-state index contributed by atoms with van der Waals surface area (Å²) < 4.78 is 31.2. The van der Waals surface area contributed by atoms with Crippen LogP contribution in [-0.4, -0.2) is 38.2 Å². The second-order valence-corrected chi connectivity index (χ2v) is 6.24. The van der Waals surface area contributed by atoms with Gasteiger partial charge in [-0.15, -0.1) is 0 Å². The monoisotopic (exact) mass is 341 g/mol. The molecular formula is C14H19N3O5S. The van der Waals surface area contributed by atoms with Gasteiger partial charge in [0.25, 0.3) is 16.0 Å². The van der Waals surface area contributed by atoms with Crippen LogP contribution in [0.4, 0.5) is 0 Å². The van der Waals surface area contributed by atoms with E-state index in [0.717, 1.165) is 23.3 Å². The smallest absolute Gasteiger partial charge is 0.276 e. The molecule has 0 heterocycles. The number of rotatable bonds is 2. The third kappa shape index (κ3) is 6.49. The maximum Gasteiger partial charge on any atom is 0.276 e. The van der Waals surface area contributed by atoms with E-state index in [9.17, 15) is 13.2 Å². The highest BCUT2D eigenvalue weighted by atomic mass is 32.2. The normalized spacial score (nSPS) is 12.9. The first-order valence-electron chi connectivity index (χ1n) is 6.54. The molecule has 1 aromatic rings. The number of methoxy groups -OCH3 is 1. The molecule has 0 fully saturated rings. The molecule has 0 saturated carbocycles. The Bertz CT molecular complexity index is 742. The van der Waals surface area contributed by atoms with E-state index >= 15 is 0 Å². The molecule has 1 aliphatic rings. The van der Waals surface area contributed by atoms with Gasteiger partial charge in [0.1, 0.15) is 5.75 Å². The van der Waals surface area contributed by atoms with Crippen molar-refractivity contribution in [3.05, 3.63) is 34.9 Å². The first-order chi connectivity index (χ1) is 10.6. The molecule has 0 radical (unpaired) electrons. The fourth-order valence-electron chi connectivity index (χ4n) is 2.05. The lowest BCUT2D eigenvalue weighted by molar-refractivity contribution is -0.114. The summed E-state index contributed by atoms with van der Waals surface area (Å²) >= 11 is 0. The van der Waals surface area contributed by atoms with E-state index in [1.54, 1.807) is 7.11 Å². The molecular weight excluding hydrogens is 322 g/mol. The summed E-state index contributed by atoms with van der Waals surface area (Å²) in [6, 6.07) is 5.75. The molecule has 0 bridgehead atoms. The van der Waals surface area contributed by atoms with Gasteiger partial charge < -0.3 is 16.2 Å². The molecule has 0 unspecified atom stereocenters. The quantitative estimate of drug-likeness (QED) is 0.399. The van der Waals surface area contributed by atoms with Gasteiger partial charge in [0, 0.05) is 11.1 Å². The third-order valence-corrected chi connectivity index (χ3v) is 2.87. The maximum absolute atomic E-state index is 11.7. The molecule has 0 spiro atoms. The molecule has 1 aliphatic carbocycles. The number of aliphatic imine (C=N–C) groups is 1. The van der Waals surface area contributed by atoms with Crippen LogP contribution in [0.25, 0.3) is 6.08 Å². The van der Waals surface area contributed by atoms with Gasteiger partial charge in [0.2, 0.25) is 0 Å². The van der Waals surface area contributed by atoms with Crippen molar-refractivity contribution in [2.75, 3.05) is 13.4 Å². The minimum atomic E-state index is -3.67. The highest BCUT2D eigenvalue weighted by Crippen LogP contribution is 2.31. The summed E-state index contributed by atoms with van der Waals surface area (Å²) in [5, 5.41) is 0. The zero-order chi connectivity index (χ0) is 17.6. The number of hydrogen-bond acceptors (Lipinski definition) is 4. The lowest BCUT2D eigenvalue weighted by atomic mass is 9.91. The average molecular weight is 341 g/mol. The van der Waals surface area contributed by atoms with Crippen molar-refractivity contribution in [2.24, 2.45) is 16.5 Å². The minimum Gasteiger partial charge on any atom is -0.496 e. The number of carbonyl (C=O) groups excluding carboxylic acids is 1. The van der Waals surface area contributed by atoms with E-state index in [1.807, 2.05) is 24.3 Å². The lowest BCUT2D eigenvalue weighted by Gasteiger charge is -2.17. The third-order valence-electron chi connectivity index (χ3n) is 2.87. The number of fused-ring (bicyclic) bond motifs is 1. The first-order valence-corrected chi connectivity index (χ1v) is 8.39. The molecule has 0 aromatic heterocycles. The van der Waals surface area contributed by atoms with Gasteiger partial charge in [0.15, 0.2) is 5.96 Å². The Labute approximate surface area is 134 Å². The van der Waals surface area contributed by atoms with E-state index < -0.39 is 10.1 Å². The van der Waals surface area contributed by atoms with Crippen LogP contribution in [0.1, 0.15) is 17.5 Å². The summed E-state index contributed by atoms with van der Waals surface area (Å²) in [5.74, 6) is 0.262. The molecule has 0 saturated heterocycles. The van der Waals surface area contributed by atoms with Gasteiger partial charge in [-0.1, -0.05) is 12.1 Å². The predicted octanol–water partition coefficient (Wildman–Crippen LogP) is 0.329. The van der Waals surface area contributed by atoms with Crippen LogP contribution in [0, 0.1) is 0 Å². The maximum atomic E-state index is 11.7. The van der Waals surface area contributed by atoms with E-state index in [0.29, 0.717) is 18.2 Å². The number of nitrogens with zero attached hydrogens (tertiary/aromatic N) is 1. The van der Waals surface area contributed by atoms with Crippen molar-refractivity contribution in [1.29, 1.82) is 0 Å². The average Bonchev–Trinajstić information content (AvgIpc) is 2.43. The van der Waals surface area contributed by atoms with Gasteiger partial charge in [-0.3, -0.25) is 9.35 Å². The molecule has 1 aromatic carbocycles. The van der Waals surface area contributed by atoms with E-state index in [1.165, 1.54) is 0 Å². The van der Waals surface area contributed by atoms with Crippen molar-refractivity contribution in [2.45, 2.75) is 12.8 Å². The molecule has 1 amide bonds. The molecule has 5 N–H and O–H groups in total. The number of hydrogen-bond donors (Lipinski definition) is 3. The Kier molecular flexibility index (Phi) is 6.28. The molecule has 2 rings (SSSR count). The molecule has 0 atom stereocenters. The number of ether oxygens (including phenoxy) is 1. The fourth-order valence-corrected chi connectivity index (χ4v) is 2.05. The van der Waals surface area contributed by atoms with Crippen LogP contribution in [-0.2, 0) is 21.3 Å². The van der Waals surface area contributed by atoms with Crippen LogP contribution in [0.3, 0.4) is 0 Å². The zero-order valence-electron chi connectivity index (χ0n) is 12.8. The van der Waals surface area contributed by atoms with Gasteiger partial charge in [-0.05, 0) is 30.5 Å². The fraction of sp³-hybridized carbons (Fsp3) is 0.286. The van der Waals surface area contributed by atoms with Crippen molar-refractivity contribution >= 4 is 28.1 Å². The number of carbonyl (C=O) groups is 1. The minimum absolute atomic E-state index is 0.211. The van der Waals surface area contributed by atoms with Gasteiger partial charge in [-0.2, -0.15) is 13.4 Å². The van der Waals surface area contributed by atoms with Crippen LogP contribution in [0.5, 0.6) is 5.75 Å². The Morgan fingerprint density at radius 1 is 1.30 bits per heavy atom. The molecule has 8 nitrogen and oxygen atoms in total. The van der Waals surface area contributed by atoms with E-state index in [4.69, 9.17) is 20.8 Å². The second-order valence-electron chi connectivity index (χ2n) is 4.77. The van der Waals surface area contributed by atoms with Gasteiger partial charge in [-0.25, -0.2) is 0 Å². The predicted molar refractivity (Wildman–Crippen MR) is 87.6 cm³/mol. The molecule has 126 valence electrons. The zero-order valence-corrected chi connectivity index (χ0v) is 13.6. The lowest BCUT2D eigenvalue weighted by Crippen LogP contribution is -2.24. The van der Waals surface area contributed by atoms with Gasteiger partial charge in [0.05, 0.1) is 13.4 Å². The van der Waals surface area contributed by atoms with Gasteiger partial charge >= 0.3 is 0 Å². The summed E-state index contributed by atoms with van der Waals surface area (Å²) in [7, 11) is -2.03. The van der Waals surface area contributed by atoms with Crippen molar-refractivity contribution in [1.82, 2.24) is 0 Å². The highest BCUT2D eigenvalue weighted by molar-refractivity contribution is 7.85. The standard InChI is InChI=1S/C13H15N3O2.CH4O3S/c1-18-11-4-2-3-8-7-9(5-6-10(8)11)12(17)16-13(14)15;1-5(2,3)4/h2-4,7H,5-6H2,1H3,(H4,14,15,16,17);1H3,(H,2,3,4). The molecule has 23 heavy (non-hydrogen) atoms. The largest absolute Gasteiger partial charge is 0.496 e. The number of nitrogens with two attached hydrogens (primary N) is 2. The summed E-state index contributed by atoms with van der Waals surface area (Å²) in [6.45, 7) is 0. The van der Waals surface area contributed by atoms with Crippen LogP contribution >= 0.6 is 0 Å². The number of amides is 1. The summed E-state index contributed by atoms with van der Waals surface area (Å²) in [4.78, 5) is 15.3. The van der Waals surface area contributed by atoms with Crippen LogP contribution in [0.15, 0.2) is 28.8 Å². The first kappa shape index (κ1) is 18.7.